The smallest absolute Gasteiger partial charge is 0.224 e. The SMILES string of the molecule is O=C(CCn1cc(Cl)cn1)N1CCOC[C@@H](O)C1. The monoisotopic (exact) mass is 273 g/mol. The van der Waals surface area contributed by atoms with Crippen LogP contribution >= 0.6 is 11.6 Å². The molecule has 2 heterocycles. The Morgan fingerprint density at radius 1 is 1.67 bits per heavy atom. The van der Waals surface area contributed by atoms with Gasteiger partial charge >= 0.3 is 0 Å². The van der Waals surface area contributed by atoms with Crippen molar-refractivity contribution in [2.45, 2.75) is 19.1 Å². The van der Waals surface area contributed by atoms with E-state index in [1.807, 2.05) is 0 Å². The summed E-state index contributed by atoms with van der Waals surface area (Å²) in [6.07, 6.45) is 2.95. The van der Waals surface area contributed by atoms with E-state index in [1.165, 1.54) is 6.20 Å². The van der Waals surface area contributed by atoms with Crippen LogP contribution in [-0.4, -0.2) is 58.1 Å². The van der Waals surface area contributed by atoms with Crippen LogP contribution in [0.5, 0.6) is 0 Å². The molecule has 1 aromatic heterocycles. The molecule has 2 rings (SSSR count). The lowest BCUT2D eigenvalue weighted by Gasteiger charge is -2.21. The van der Waals surface area contributed by atoms with E-state index in [-0.39, 0.29) is 5.91 Å². The molecule has 0 bridgehead atoms. The van der Waals surface area contributed by atoms with Crippen molar-refractivity contribution in [2.75, 3.05) is 26.3 Å². The zero-order valence-corrected chi connectivity index (χ0v) is 10.7. The summed E-state index contributed by atoms with van der Waals surface area (Å²) >= 11 is 5.74. The highest BCUT2D eigenvalue weighted by molar-refractivity contribution is 6.30. The Kier molecular flexibility index (Phi) is 4.57. The minimum absolute atomic E-state index is 0.00817. The Morgan fingerprint density at radius 3 is 3.22 bits per heavy atom. The summed E-state index contributed by atoms with van der Waals surface area (Å²) in [6, 6.07) is 0. The maximum Gasteiger partial charge on any atom is 0.224 e. The van der Waals surface area contributed by atoms with Crippen LogP contribution in [0.25, 0.3) is 0 Å². The largest absolute Gasteiger partial charge is 0.389 e. The van der Waals surface area contributed by atoms with Crippen LogP contribution in [0.2, 0.25) is 5.02 Å². The van der Waals surface area contributed by atoms with Gasteiger partial charge in [-0.05, 0) is 0 Å². The first-order valence-corrected chi connectivity index (χ1v) is 6.24. The van der Waals surface area contributed by atoms with Crippen LogP contribution in [0.3, 0.4) is 0 Å². The van der Waals surface area contributed by atoms with E-state index in [0.717, 1.165) is 0 Å². The highest BCUT2D eigenvalue weighted by Gasteiger charge is 2.20. The number of aliphatic hydroxyl groups is 1. The molecule has 1 amide bonds. The van der Waals surface area contributed by atoms with E-state index in [0.29, 0.717) is 44.3 Å². The first-order chi connectivity index (χ1) is 8.65. The molecule has 7 heteroatoms. The highest BCUT2D eigenvalue weighted by atomic mass is 35.5. The Bertz CT molecular complexity index is 410. The highest BCUT2D eigenvalue weighted by Crippen LogP contribution is 2.07. The number of aliphatic hydroxyl groups excluding tert-OH is 1. The van der Waals surface area contributed by atoms with Crippen LogP contribution < -0.4 is 0 Å². The Balaban J connectivity index is 1.83. The van der Waals surface area contributed by atoms with Gasteiger partial charge in [0.15, 0.2) is 0 Å². The molecule has 6 nitrogen and oxygen atoms in total. The summed E-state index contributed by atoms with van der Waals surface area (Å²) in [7, 11) is 0. The minimum atomic E-state index is -0.601. The van der Waals surface area contributed by atoms with Crippen molar-refractivity contribution < 1.29 is 14.6 Å². The van der Waals surface area contributed by atoms with E-state index < -0.39 is 6.10 Å². The maximum atomic E-state index is 12.0. The second-order valence-electron chi connectivity index (χ2n) is 4.24. The van der Waals surface area contributed by atoms with Gasteiger partial charge in [0.2, 0.25) is 5.91 Å². The average molecular weight is 274 g/mol. The molecule has 0 saturated carbocycles. The molecule has 1 saturated heterocycles. The predicted molar refractivity (Wildman–Crippen MR) is 65.3 cm³/mol. The molecule has 0 radical (unpaired) electrons. The fourth-order valence-corrected chi connectivity index (χ4v) is 2.00. The van der Waals surface area contributed by atoms with Gasteiger partial charge in [0.05, 0.1) is 30.5 Å². The van der Waals surface area contributed by atoms with E-state index in [4.69, 9.17) is 16.3 Å². The van der Waals surface area contributed by atoms with Crippen molar-refractivity contribution in [2.24, 2.45) is 0 Å². The number of aryl methyl sites for hydroxylation is 1. The third-order valence-corrected chi connectivity index (χ3v) is 2.95. The number of carbonyl (C=O) groups excluding carboxylic acids is 1. The minimum Gasteiger partial charge on any atom is -0.389 e. The number of β-amino-alcohol motifs (C(OH)–C–C–N with tert-alkyl or cyclic N) is 1. The number of nitrogens with zero attached hydrogens (tertiary/aromatic N) is 3. The van der Waals surface area contributed by atoms with Gasteiger partial charge in [-0.1, -0.05) is 11.6 Å². The topological polar surface area (TPSA) is 67.6 Å². The normalized spacial score (nSPS) is 20.8. The second kappa shape index (κ2) is 6.17. The van der Waals surface area contributed by atoms with Crippen molar-refractivity contribution in [1.29, 1.82) is 0 Å². The summed E-state index contributed by atoms with van der Waals surface area (Å²) < 4.78 is 6.80. The summed E-state index contributed by atoms with van der Waals surface area (Å²) in [6.45, 7) is 2.10. The number of hydrogen-bond donors (Lipinski definition) is 1. The number of aromatic nitrogens is 2. The van der Waals surface area contributed by atoms with Crippen molar-refractivity contribution in [1.82, 2.24) is 14.7 Å². The molecule has 0 unspecified atom stereocenters. The zero-order valence-electron chi connectivity index (χ0n) is 9.96. The van der Waals surface area contributed by atoms with Crippen LogP contribution in [-0.2, 0) is 16.1 Å². The molecule has 1 atom stereocenters. The molecule has 1 aliphatic heterocycles. The van der Waals surface area contributed by atoms with Crippen LogP contribution in [0.15, 0.2) is 12.4 Å². The van der Waals surface area contributed by atoms with E-state index in [2.05, 4.69) is 5.10 Å². The molecule has 100 valence electrons. The molecular formula is C11H16ClN3O3. The Hall–Kier alpha value is -1.11. The van der Waals surface area contributed by atoms with Crippen LogP contribution in [0.4, 0.5) is 0 Å². The average Bonchev–Trinajstić information content (AvgIpc) is 2.63. The van der Waals surface area contributed by atoms with Gasteiger partial charge in [0, 0.05) is 32.3 Å². The van der Waals surface area contributed by atoms with Crippen LogP contribution in [0, 0.1) is 0 Å². The molecule has 1 fully saturated rings. The van der Waals surface area contributed by atoms with Crippen molar-refractivity contribution in [3.63, 3.8) is 0 Å². The van der Waals surface area contributed by atoms with E-state index in [9.17, 15) is 9.90 Å². The summed E-state index contributed by atoms with van der Waals surface area (Å²) in [4.78, 5) is 13.6. The van der Waals surface area contributed by atoms with Gasteiger partial charge in [-0.3, -0.25) is 9.48 Å². The standard InChI is InChI=1S/C11H16ClN3O3/c12-9-5-13-15(6-9)2-1-11(17)14-3-4-18-8-10(16)7-14/h5-6,10,16H,1-4,7-8H2/t10-/m0/s1. The van der Waals surface area contributed by atoms with Gasteiger partial charge in [-0.25, -0.2) is 0 Å². The first-order valence-electron chi connectivity index (χ1n) is 5.86. The lowest BCUT2D eigenvalue weighted by molar-refractivity contribution is -0.132. The van der Waals surface area contributed by atoms with Crippen molar-refractivity contribution in [3.8, 4) is 0 Å². The molecular weight excluding hydrogens is 258 g/mol. The van der Waals surface area contributed by atoms with Gasteiger partial charge in [-0.2, -0.15) is 5.10 Å². The molecule has 18 heavy (non-hydrogen) atoms. The van der Waals surface area contributed by atoms with Gasteiger partial charge < -0.3 is 14.7 Å². The van der Waals surface area contributed by atoms with Crippen molar-refractivity contribution >= 4 is 17.5 Å². The number of carbonyl (C=O) groups is 1. The Morgan fingerprint density at radius 2 is 2.50 bits per heavy atom. The fourth-order valence-electron chi connectivity index (χ4n) is 1.85. The molecule has 1 N–H and O–H groups in total. The van der Waals surface area contributed by atoms with Crippen LogP contribution in [0.1, 0.15) is 6.42 Å². The molecule has 0 aromatic carbocycles. The third-order valence-electron chi connectivity index (χ3n) is 2.76. The molecule has 0 aliphatic carbocycles. The van der Waals surface area contributed by atoms with E-state index >= 15 is 0 Å². The van der Waals surface area contributed by atoms with Crippen molar-refractivity contribution in [3.05, 3.63) is 17.4 Å². The quantitative estimate of drug-likeness (QED) is 0.851. The Labute approximate surface area is 110 Å². The lowest BCUT2D eigenvalue weighted by Crippen LogP contribution is -2.38. The predicted octanol–water partition coefficient (Wildman–Crippen LogP) is 0.146. The zero-order chi connectivity index (χ0) is 13.0. The second-order valence-corrected chi connectivity index (χ2v) is 4.68. The fraction of sp³-hybridized carbons (Fsp3) is 0.636. The number of amides is 1. The molecule has 0 spiro atoms. The van der Waals surface area contributed by atoms with Gasteiger partial charge in [0.25, 0.3) is 0 Å². The number of ether oxygens (including phenoxy) is 1. The third kappa shape index (κ3) is 3.69. The first kappa shape index (κ1) is 13.3. The summed E-state index contributed by atoms with van der Waals surface area (Å²) in [5.41, 5.74) is 0. The molecule has 1 aromatic rings. The summed E-state index contributed by atoms with van der Waals surface area (Å²) in [5.74, 6) is -0.00817. The van der Waals surface area contributed by atoms with Gasteiger partial charge in [0.1, 0.15) is 0 Å². The number of rotatable bonds is 3. The number of halogens is 1. The maximum absolute atomic E-state index is 12.0. The van der Waals surface area contributed by atoms with Gasteiger partial charge in [-0.15, -0.1) is 0 Å². The van der Waals surface area contributed by atoms with E-state index in [1.54, 1.807) is 15.8 Å². The summed E-state index contributed by atoms with van der Waals surface area (Å²) in [5, 5.41) is 14.1. The molecule has 1 aliphatic rings. The lowest BCUT2D eigenvalue weighted by atomic mass is 10.3. The number of hydrogen-bond acceptors (Lipinski definition) is 4.